The minimum absolute atomic E-state index is 0.851. The van der Waals surface area contributed by atoms with Crippen LogP contribution < -0.4 is 5.73 Å². The van der Waals surface area contributed by atoms with E-state index in [9.17, 15) is 4.21 Å². The maximum Gasteiger partial charge on any atom is 0.0500 e. The van der Waals surface area contributed by atoms with Gasteiger partial charge in [-0.25, -0.2) is 0 Å². The number of hydrogen-bond donors (Lipinski definition) is 1. The summed E-state index contributed by atoms with van der Waals surface area (Å²) in [4.78, 5) is 0.949. The zero-order chi connectivity index (χ0) is 10.4. The Kier molecular flexibility index (Phi) is 5.58. The van der Waals surface area contributed by atoms with E-state index < -0.39 is 10.8 Å². The highest BCUT2D eigenvalue weighted by Crippen LogP contribution is 2.13. The van der Waals surface area contributed by atoms with Crippen molar-refractivity contribution in [2.45, 2.75) is 18.7 Å². The summed E-state index contributed by atoms with van der Waals surface area (Å²) in [5.41, 5.74) is 6.78. The van der Waals surface area contributed by atoms with Crippen molar-refractivity contribution in [2.75, 3.05) is 13.3 Å². The molecule has 2 nitrogen and oxygen atoms in total. The fourth-order valence-electron chi connectivity index (χ4n) is 1.02. The minimum Gasteiger partial charge on any atom is -0.333 e. The second-order valence-corrected chi connectivity index (χ2v) is 4.07. The van der Waals surface area contributed by atoms with Crippen molar-refractivity contribution in [1.29, 1.82) is 0 Å². The molecule has 0 heterocycles. The molecule has 13 heavy (non-hydrogen) atoms. The van der Waals surface area contributed by atoms with Gasteiger partial charge in [0.1, 0.15) is 0 Å². The van der Waals surface area contributed by atoms with E-state index in [2.05, 4.69) is 5.73 Å². The lowest BCUT2D eigenvalue weighted by molar-refractivity contribution is 0.686. The first-order valence-electron chi connectivity index (χ1n) is 4.09. The van der Waals surface area contributed by atoms with Gasteiger partial charge in [-0.1, -0.05) is 12.1 Å². The predicted octanol–water partition coefficient (Wildman–Crippen LogP) is 1.62. The third-order valence-corrected chi connectivity index (χ3v) is 2.71. The van der Waals surface area contributed by atoms with Crippen LogP contribution in [-0.2, 0) is 10.8 Å². The number of nitrogens with two attached hydrogens (primary N) is 1. The van der Waals surface area contributed by atoms with E-state index >= 15 is 0 Å². The third kappa shape index (κ3) is 3.70. The van der Waals surface area contributed by atoms with Crippen molar-refractivity contribution in [1.82, 2.24) is 0 Å². The molecule has 1 aromatic carbocycles. The molecule has 0 saturated heterocycles. The molecule has 0 spiro atoms. The van der Waals surface area contributed by atoms with Crippen molar-refractivity contribution in [3.63, 3.8) is 0 Å². The standard InChI is InChI=1S/C9H12OS.CH5N/c1-7-4-5-8(2)9(6-7)11(3)10;1-2/h4-6H,1-3H3;2H2,1H3. The van der Waals surface area contributed by atoms with Gasteiger partial charge in [0.15, 0.2) is 0 Å². The van der Waals surface area contributed by atoms with Crippen LogP contribution in [0.25, 0.3) is 0 Å². The summed E-state index contributed by atoms with van der Waals surface area (Å²) in [6.07, 6.45) is 1.71. The van der Waals surface area contributed by atoms with Crippen LogP contribution in [0.15, 0.2) is 23.1 Å². The van der Waals surface area contributed by atoms with E-state index in [0.29, 0.717) is 0 Å². The first-order chi connectivity index (χ1) is 6.11. The smallest absolute Gasteiger partial charge is 0.0500 e. The molecule has 0 radical (unpaired) electrons. The van der Waals surface area contributed by atoms with Crippen molar-refractivity contribution in [3.8, 4) is 0 Å². The number of rotatable bonds is 1. The quantitative estimate of drug-likeness (QED) is 0.747. The monoisotopic (exact) mass is 199 g/mol. The molecule has 0 amide bonds. The van der Waals surface area contributed by atoms with Gasteiger partial charge in [-0.15, -0.1) is 0 Å². The van der Waals surface area contributed by atoms with Crippen LogP contribution in [0.1, 0.15) is 11.1 Å². The van der Waals surface area contributed by atoms with Gasteiger partial charge < -0.3 is 5.73 Å². The number of aryl methyl sites for hydroxylation is 2. The van der Waals surface area contributed by atoms with Gasteiger partial charge in [0.25, 0.3) is 0 Å². The Morgan fingerprint density at radius 3 is 2.15 bits per heavy atom. The average molecular weight is 199 g/mol. The van der Waals surface area contributed by atoms with Crippen LogP contribution in [0.3, 0.4) is 0 Å². The Hall–Kier alpha value is -0.670. The van der Waals surface area contributed by atoms with E-state index in [-0.39, 0.29) is 0 Å². The molecule has 0 aliphatic rings. The first kappa shape index (κ1) is 12.3. The van der Waals surface area contributed by atoms with Crippen molar-refractivity contribution < 1.29 is 4.21 Å². The van der Waals surface area contributed by atoms with Crippen molar-refractivity contribution in [3.05, 3.63) is 29.3 Å². The lowest BCUT2D eigenvalue weighted by Gasteiger charge is -2.02. The SMILES string of the molecule is CN.Cc1ccc(C)c(S(C)=O)c1. The van der Waals surface area contributed by atoms with Crippen LogP contribution in [0.2, 0.25) is 0 Å². The zero-order valence-electron chi connectivity index (χ0n) is 8.63. The average Bonchev–Trinajstić information content (AvgIpc) is 2.12. The molecule has 0 fully saturated rings. The Labute approximate surface area is 82.6 Å². The van der Waals surface area contributed by atoms with Gasteiger partial charge >= 0.3 is 0 Å². The minimum atomic E-state index is -0.851. The van der Waals surface area contributed by atoms with Crippen LogP contribution >= 0.6 is 0 Å². The number of benzene rings is 1. The summed E-state index contributed by atoms with van der Waals surface area (Å²) in [7, 11) is 0.649. The molecule has 1 rings (SSSR count). The highest BCUT2D eigenvalue weighted by atomic mass is 32.2. The maximum absolute atomic E-state index is 11.1. The zero-order valence-corrected chi connectivity index (χ0v) is 9.44. The molecule has 1 unspecified atom stereocenters. The summed E-state index contributed by atoms with van der Waals surface area (Å²) in [5, 5.41) is 0. The summed E-state index contributed by atoms with van der Waals surface area (Å²) >= 11 is 0. The van der Waals surface area contributed by atoms with E-state index in [1.165, 1.54) is 12.6 Å². The Bertz CT molecular complexity index is 297. The van der Waals surface area contributed by atoms with Gasteiger partial charge in [-0.3, -0.25) is 4.21 Å². The topological polar surface area (TPSA) is 43.1 Å². The second kappa shape index (κ2) is 5.89. The van der Waals surface area contributed by atoms with Crippen LogP contribution in [-0.4, -0.2) is 17.5 Å². The molecule has 1 atom stereocenters. The largest absolute Gasteiger partial charge is 0.333 e. The summed E-state index contributed by atoms with van der Waals surface area (Å²) in [6, 6.07) is 6.02. The second-order valence-electron chi connectivity index (χ2n) is 2.72. The molecular formula is C10H17NOS. The summed E-state index contributed by atoms with van der Waals surface area (Å²) < 4.78 is 11.1. The molecule has 2 N–H and O–H groups in total. The number of hydrogen-bond acceptors (Lipinski definition) is 2. The van der Waals surface area contributed by atoms with Crippen LogP contribution in [0, 0.1) is 13.8 Å². The summed E-state index contributed by atoms with van der Waals surface area (Å²) in [5.74, 6) is 0. The van der Waals surface area contributed by atoms with E-state index in [1.807, 2.05) is 32.0 Å². The van der Waals surface area contributed by atoms with E-state index in [4.69, 9.17) is 0 Å². The molecule has 74 valence electrons. The van der Waals surface area contributed by atoms with Crippen LogP contribution in [0.4, 0.5) is 0 Å². The van der Waals surface area contributed by atoms with Crippen LogP contribution in [0.5, 0.6) is 0 Å². The normalized spacial score (nSPS) is 11.5. The van der Waals surface area contributed by atoms with Crippen molar-refractivity contribution in [2.24, 2.45) is 5.73 Å². The lowest BCUT2D eigenvalue weighted by atomic mass is 10.2. The van der Waals surface area contributed by atoms with Gasteiger partial charge in [-0.2, -0.15) is 0 Å². The van der Waals surface area contributed by atoms with Gasteiger partial charge in [0, 0.05) is 11.2 Å². The van der Waals surface area contributed by atoms with Crippen molar-refractivity contribution >= 4 is 10.8 Å². The fraction of sp³-hybridized carbons (Fsp3) is 0.400. The molecule has 1 aromatic rings. The first-order valence-corrected chi connectivity index (χ1v) is 5.65. The van der Waals surface area contributed by atoms with E-state index in [0.717, 1.165) is 10.5 Å². The molecule has 3 heteroatoms. The highest BCUT2D eigenvalue weighted by Gasteiger charge is 2.00. The fourth-order valence-corrected chi connectivity index (χ4v) is 1.89. The Morgan fingerprint density at radius 2 is 1.77 bits per heavy atom. The van der Waals surface area contributed by atoms with Gasteiger partial charge in [0.05, 0.1) is 10.8 Å². The van der Waals surface area contributed by atoms with Gasteiger partial charge in [-0.05, 0) is 38.1 Å². The molecule has 0 aliphatic carbocycles. The Balaban J connectivity index is 0.000000671. The molecule has 0 aliphatic heterocycles. The third-order valence-electron chi connectivity index (χ3n) is 1.65. The lowest BCUT2D eigenvalue weighted by Crippen LogP contribution is -1.91. The molecule has 0 bridgehead atoms. The molecule has 0 saturated carbocycles. The highest BCUT2D eigenvalue weighted by molar-refractivity contribution is 7.84. The Morgan fingerprint density at radius 1 is 1.23 bits per heavy atom. The summed E-state index contributed by atoms with van der Waals surface area (Å²) in [6.45, 7) is 3.99. The molecular weight excluding hydrogens is 182 g/mol. The maximum atomic E-state index is 11.1. The van der Waals surface area contributed by atoms with E-state index in [1.54, 1.807) is 6.26 Å². The molecule has 0 aromatic heterocycles. The van der Waals surface area contributed by atoms with Gasteiger partial charge in [0.2, 0.25) is 0 Å². The predicted molar refractivity (Wildman–Crippen MR) is 58.4 cm³/mol.